The molecule has 1 fully saturated rings. The van der Waals surface area contributed by atoms with E-state index in [1.807, 2.05) is 0 Å². The highest BCUT2D eigenvalue weighted by molar-refractivity contribution is 5.32. The standard InChI is InChI=1S/C16H18F2N4O/c1-23-15-4-5-19-16(20-15)22-8-6-21(7-9-22)11-12-10-13(17)2-3-14(12)18/h2-5,10H,6-9,11H2,1H3. The van der Waals surface area contributed by atoms with E-state index in [1.165, 1.54) is 12.1 Å². The maximum Gasteiger partial charge on any atom is 0.228 e. The van der Waals surface area contributed by atoms with Crippen LogP contribution in [0.3, 0.4) is 0 Å². The SMILES string of the molecule is COc1ccnc(N2CCN(Cc3cc(F)ccc3F)CC2)n1. The van der Waals surface area contributed by atoms with Crippen LogP contribution in [0.15, 0.2) is 30.5 Å². The van der Waals surface area contributed by atoms with Gasteiger partial charge in [0.2, 0.25) is 11.8 Å². The summed E-state index contributed by atoms with van der Waals surface area (Å²) in [6.07, 6.45) is 1.66. The molecule has 3 rings (SSSR count). The molecule has 2 aromatic rings. The number of anilines is 1. The van der Waals surface area contributed by atoms with Crippen LogP contribution in [0.25, 0.3) is 0 Å². The Morgan fingerprint density at radius 3 is 2.65 bits per heavy atom. The van der Waals surface area contributed by atoms with Gasteiger partial charge in [-0.15, -0.1) is 0 Å². The Morgan fingerprint density at radius 1 is 1.13 bits per heavy atom. The van der Waals surface area contributed by atoms with Crippen molar-refractivity contribution >= 4 is 5.95 Å². The summed E-state index contributed by atoms with van der Waals surface area (Å²) in [5.41, 5.74) is 0.385. The highest BCUT2D eigenvalue weighted by atomic mass is 19.1. The molecule has 0 aliphatic carbocycles. The van der Waals surface area contributed by atoms with Gasteiger partial charge in [0, 0.05) is 50.6 Å². The van der Waals surface area contributed by atoms with E-state index in [0.29, 0.717) is 23.9 Å². The van der Waals surface area contributed by atoms with Gasteiger partial charge in [-0.2, -0.15) is 4.98 Å². The fourth-order valence-corrected chi connectivity index (χ4v) is 2.61. The summed E-state index contributed by atoms with van der Waals surface area (Å²) in [5, 5.41) is 0. The monoisotopic (exact) mass is 320 g/mol. The van der Waals surface area contributed by atoms with Crippen LogP contribution in [0.2, 0.25) is 0 Å². The van der Waals surface area contributed by atoms with Gasteiger partial charge in [-0.25, -0.2) is 13.8 Å². The molecule has 0 bridgehead atoms. The van der Waals surface area contributed by atoms with Crippen LogP contribution in [0.1, 0.15) is 5.56 Å². The van der Waals surface area contributed by atoms with Crippen molar-refractivity contribution in [3.63, 3.8) is 0 Å². The van der Waals surface area contributed by atoms with E-state index in [9.17, 15) is 8.78 Å². The third kappa shape index (κ3) is 3.73. The first-order chi connectivity index (χ1) is 11.2. The topological polar surface area (TPSA) is 41.5 Å². The van der Waals surface area contributed by atoms with Crippen LogP contribution >= 0.6 is 0 Å². The number of methoxy groups -OCH3 is 1. The Morgan fingerprint density at radius 2 is 1.91 bits per heavy atom. The molecule has 1 aliphatic heterocycles. The lowest BCUT2D eigenvalue weighted by Gasteiger charge is -2.34. The van der Waals surface area contributed by atoms with Crippen molar-refractivity contribution in [2.75, 3.05) is 38.2 Å². The van der Waals surface area contributed by atoms with Crippen molar-refractivity contribution in [2.45, 2.75) is 6.54 Å². The molecule has 0 saturated carbocycles. The zero-order valence-electron chi connectivity index (χ0n) is 12.9. The second kappa shape index (κ2) is 6.87. The molecule has 5 nitrogen and oxygen atoms in total. The summed E-state index contributed by atoms with van der Waals surface area (Å²) in [6.45, 7) is 3.32. The minimum absolute atomic E-state index is 0.370. The number of benzene rings is 1. The van der Waals surface area contributed by atoms with Gasteiger partial charge in [0.15, 0.2) is 0 Å². The molecule has 2 heterocycles. The molecule has 7 heteroatoms. The molecule has 0 radical (unpaired) electrons. The van der Waals surface area contributed by atoms with Gasteiger partial charge in [0.05, 0.1) is 7.11 Å². The quantitative estimate of drug-likeness (QED) is 0.863. The van der Waals surface area contributed by atoms with Gasteiger partial charge in [0.1, 0.15) is 11.6 Å². The average Bonchev–Trinajstić information content (AvgIpc) is 2.59. The van der Waals surface area contributed by atoms with E-state index in [-0.39, 0.29) is 5.82 Å². The zero-order valence-corrected chi connectivity index (χ0v) is 12.9. The van der Waals surface area contributed by atoms with Crippen LogP contribution in [0.5, 0.6) is 5.88 Å². The molecule has 23 heavy (non-hydrogen) atoms. The summed E-state index contributed by atoms with van der Waals surface area (Å²) in [4.78, 5) is 12.7. The van der Waals surface area contributed by atoms with Crippen LogP contribution in [0, 0.1) is 11.6 Å². The summed E-state index contributed by atoms with van der Waals surface area (Å²) < 4.78 is 32.1. The number of nitrogens with zero attached hydrogens (tertiary/aromatic N) is 4. The lowest BCUT2D eigenvalue weighted by molar-refractivity contribution is 0.245. The largest absolute Gasteiger partial charge is 0.481 e. The van der Waals surface area contributed by atoms with Gasteiger partial charge < -0.3 is 9.64 Å². The van der Waals surface area contributed by atoms with E-state index in [4.69, 9.17) is 4.74 Å². The number of hydrogen-bond donors (Lipinski definition) is 0. The molecule has 1 aliphatic rings. The molecular formula is C16H18F2N4O. The Hall–Kier alpha value is -2.28. The normalized spacial score (nSPS) is 15.7. The van der Waals surface area contributed by atoms with E-state index in [1.54, 1.807) is 19.4 Å². The van der Waals surface area contributed by atoms with Crippen molar-refractivity contribution in [1.29, 1.82) is 0 Å². The van der Waals surface area contributed by atoms with Crippen LogP contribution in [-0.2, 0) is 6.54 Å². The van der Waals surface area contributed by atoms with E-state index in [0.717, 1.165) is 32.2 Å². The lowest BCUT2D eigenvalue weighted by atomic mass is 10.2. The van der Waals surface area contributed by atoms with Gasteiger partial charge >= 0.3 is 0 Å². The van der Waals surface area contributed by atoms with Crippen molar-refractivity contribution in [3.8, 4) is 5.88 Å². The molecular weight excluding hydrogens is 302 g/mol. The summed E-state index contributed by atoms with van der Waals surface area (Å²) >= 11 is 0. The molecule has 0 spiro atoms. The second-order valence-electron chi connectivity index (χ2n) is 5.40. The van der Waals surface area contributed by atoms with Gasteiger partial charge in [-0.3, -0.25) is 4.90 Å². The van der Waals surface area contributed by atoms with E-state index < -0.39 is 5.82 Å². The highest BCUT2D eigenvalue weighted by Crippen LogP contribution is 2.17. The molecule has 0 amide bonds. The van der Waals surface area contributed by atoms with Crippen LogP contribution < -0.4 is 9.64 Å². The average molecular weight is 320 g/mol. The molecule has 1 aromatic carbocycles. The summed E-state index contributed by atoms with van der Waals surface area (Å²) in [6, 6.07) is 5.27. The third-order valence-corrected chi connectivity index (χ3v) is 3.88. The minimum atomic E-state index is -0.412. The fraction of sp³-hybridized carbons (Fsp3) is 0.375. The molecule has 1 aromatic heterocycles. The first-order valence-corrected chi connectivity index (χ1v) is 7.44. The molecule has 0 atom stereocenters. The number of halogens is 2. The van der Waals surface area contributed by atoms with Gasteiger partial charge in [-0.05, 0) is 18.2 Å². The maximum absolute atomic E-state index is 13.7. The fourth-order valence-electron chi connectivity index (χ4n) is 2.61. The summed E-state index contributed by atoms with van der Waals surface area (Å²) in [7, 11) is 1.57. The van der Waals surface area contributed by atoms with Crippen LogP contribution in [0.4, 0.5) is 14.7 Å². The smallest absolute Gasteiger partial charge is 0.228 e. The predicted octanol–water partition coefficient (Wildman–Crippen LogP) is 2.09. The van der Waals surface area contributed by atoms with Crippen molar-refractivity contribution in [2.24, 2.45) is 0 Å². The molecule has 0 unspecified atom stereocenters. The number of aromatic nitrogens is 2. The Kier molecular flexibility index (Phi) is 4.66. The minimum Gasteiger partial charge on any atom is -0.481 e. The number of hydrogen-bond acceptors (Lipinski definition) is 5. The van der Waals surface area contributed by atoms with E-state index in [2.05, 4.69) is 19.8 Å². The summed E-state index contributed by atoms with van der Waals surface area (Å²) in [5.74, 6) is 0.370. The molecule has 122 valence electrons. The molecule has 1 saturated heterocycles. The number of ether oxygens (including phenoxy) is 1. The van der Waals surface area contributed by atoms with E-state index >= 15 is 0 Å². The zero-order chi connectivity index (χ0) is 16.2. The lowest BCUT2D eigenvalue weighted by Crippen LogP contribution is -2.46. The predicted molar refractivity (Wildman–Crippen MR) is 82.4 cm³/mol. The van der Waals surface area contributed by atoms with Crippen molar-refractivity contribution < 1.29 is 13.5 Å². The first kappa shape index (κ1) is 15.6. The highest BCUT2D eigenvalue weighted by Gasteiger charge is 2.20. The Bertz CT molecular complexity index is 675. The number of piperazine rings is 1. The van der Waals surface area contributed by atoms with Gasteiger partial charge in [0.25, 0.3) is 0 Å². The maximum atomic E-state index is 13.7. The van der Waals surface area contributed by atoms with Crippen molar-refractivity contribution in [3.05, 3.63) is 47.7 Å². The third-order valence-electron chi connectivity index (χ3n) is 3.88. The van der Waals surface area contributed by atoms with Crippen molar-refractivity contribution in [1.82, 2.24) is 14.9 Å². The second-order valence-corrected chi connectivity index (χ2v) is 5.40. The van der Waals surface area contributed by atoms with Gasteiger partial charge in [-0.1, -0.05) is 0 Å². The number of rotatable bonds is 4. The first-order valence-electron chi connectivity index (χ1n) is 7.44. The molecule has 0 N–H and O–H groups in total. The Labute approximate surface area is 133 Å². The Balaban J connectivity index is 1.61. The van der Waals surface area contributed by atoms with Crippen LogP contribution in [-0.4, -0.2) is 48.2 Å².